The fourth-order valence-electron chi connectivity index (χ4n) is 3.69. The Bertz CT molecular complexity index is 977. The predicted molar refractivity (Wildman–Crippen MR) is 109 cm³/mol. The molecule has 3 aromatic rings. The summed E-state index contributed by atoms with van der Waals surface area (Å²) >= 11 is 0. The Labute approximate surface area is 169 Å². The van der Waals surface area contributed by atoms with Gasteiger partial charge in [-0.2, -0.15) is 0 Å². The Morgan fingerprint density at radius 1 is 1.03 bits per heavy atom. The third-order valence-electron chi connectivity index (χ3n) is 5.58. The standard InChI is InChI=1S/C22H24FN5O/c23-17-5-3-15(4-6-17)19-20(29-21(28-19)16-7-10-24-11-8-16)18-9-12-25-22(27-18)26-13-14-1-2-14/h3-6,9,12,14,16,24H,1-2,7-8,10-11,13H2,(H,25,26,27). The van der Waals surface area contributed by atoms with Crippen molar-refractivity contribution in [2.45, 2.75) is 31.6 Å². The van der Waals surface area contributed by atoms with E-state index in [1.807, 2.05) is 6.07 Å². The van der Waals surface area contributed by atoms with Crippen LogP contribution in [0.25, 0.3) is 22.7 Å². The van der Waals surface area contributed by atoms with Crippen molar-refractivity contribution >= 4 is 5.95 Å². The zero-order valence-electron chi connectivity index (χ0n) is 16.2. The Kier molecular flexibility index (Phi) is 4.97. The summed E-state index contributed by atoms with van der Waals surface area (Å²) in [6.07, 6.45) is 6.24. The van der Waals surface area contributed by atoms with Crippen LogP contribution in [0.5, 0.6) is 0 Å². The summed E-state index contributed by atoms with van der Waals surface area (Å²) in [5, 5.41) is 6.68. The second kappa shape index (κ2) is 7.91. The molecule has 150 valence electrons. The number of anilines is 1. The first-order valence-corrected chi connectivity index (χ1v) is 10.3. The van der Waals surface area contributed by atoms with E-state index in [4.69, 9.17) is 9.40 Å². The van der Waals surface area contributed by atoms with E-state index in [0.29, 0.717) is 23.1 Å². The highest BCUT2D eigenvalue weighted by Gasteiger charge is 2.26. The van der Waals surface area contributed by atoms with E-state index in [1.165, 1.54) is 25.0 Å². The Morgan fingerprint density at radius 2 is 1.83 bits per heavy atom. The summed E-state index contributed by atoms with van der Waals surface area (Å²) < 4.78 is 19.7. The van der Waals surface area contributed by atoms with Crippen LogP contribution >= 0.6 is 0 Å². The van der Waals surface area contributed by atoms with Crippen molar-refractivity contribution in [1.29, 1.82) is 0 Å². The lowest BCUT2D eigenvalue weighted by atomic mass is 9.98. The van der Waals surface area contributed by atoms with Gasteiger partial charge in [0.15, 0.2) is 11.7 Å². The van der Waals surface area contributed by atoms with Crippen molar-refractivity contribution in [3.63, 3.8) is 0 Å². The monoisotopic (exact) mass is 393 g/mol. The normalized spacial score (nSPS) is 17.4. The van der Waals surface area contributed by atoms with E-state index in [0.717, 1.165) is 49.8 Å². The van der Waals surface area contributed by atoms with E-state index >= 15 is 0 Å². The van der Waals surface area contributed by atoms with E-state index < -0.39 is 0 Å². The van der Waals surface area contributed by atoms with Crippen LogP contribution in [-0.2, 0) is 0 Å². The van der Waals surface area contributed by atoms with Gasteiger partial charge in [-0.1, -0.05) is 0 Å². The third kappa shape index (κ3) is 4.15. The molecule has 2 fully saturated rings. The molecule has 5 rings (SSSR count). The fraction of sp³-hybridized carbons (Fsp3) is 0.409. The largest absolute Gasteiger partial charge is 0.438 e. The smallest absolute Gasteiger partial charge is 0.223 e. The van der Waals surface area contributed by atoms with Crippen molar-refractivity contribution in [1.82, 2.24) is 20.3 Å². The number of rotatable bonds is 6. The van der Waals surface area contributed by atoms with Crippen LogP contribution in [0.2, 0.25) is 0 Å². The number of halogens is 1. The number of piperidine rings is 1. The van der Waals surface area contributed by atoms with Crippen molar-refractivity contribution < 1.29 is 8.81 Å². The van der Waals surface area contributed by atoms with Gasteiger partial charge < -0.3 is 15.1 Å². The molecule has 3 heterocycles. The number of aromatic nitrogens is 3. The minimum atomic E-state index is -0.272. The van der Waals surface area contributed by atoms with E-state index in [-0.39, 0.29) is 11.7 Å². The molecule has 0 bridgehead atoms. The molecule has 0 spiro atoms. The molecule has 0 amide bonds. The molecule has 1 saturated heterocycles. The van der Waals surface area contributed by atoms with E-state index in [9.17, 15) is 4.39 Å². The zero-order valence-corrected chi connectivity index (χ0v) is 16.2. The maximum Gasteiger partial charge on any atom is 0.223 e. The maximum atomic E-state index is 13.5. The average Bonchev–Trinajstić information content (AvgIpc) is 3.50. The van der Waals surface area contributed by atoms with Crippen LogP contribution in [0, 0.1) is 11.7 Å². The molecule has 2 N–H and O–H groups in total. The Hall–Kier alpha value is -2.80. The molecular formula is C22H24FN5O. The molecular weight excluding hydrogens is 369 g/mol. The van der Waals surface area contributed by atoms with Gasteiger partial charge in [0.2, 0.25) is 5.95 Å². The van der Waals surface area contributed by atoms with Gasteiger partial charge in [0, 0.05) is 24.2 Å². The summed E-state index contributed by atoms with van der Waals surface area (Å²) in [6, 6.07) is 8.19. The minimum Gasteiger partial charge on any atom is -0.438 e. The number of hydrogen-bond donors (Lipinski definition) is 2. The molecule has 0 unspecified atom stereocenters. The van der Waals surface area contributed by atoms with Crippen LogP contribution in [-0.4, -0.2) is 34.6 Å². The van der Waals surface area contributed by atoms with E-state index in [2.05, 4.69) is 20.6 Å². The van der Waals surface area contributed by atoms with Gasteiger partial charge in [-0.15, -0.1) is 0 Å². The molecule has 6 nitrogen and oxygen atoms in total. The van der Waals surface area contributed by atoms with Gasteiger partial charge >= 0.3 is 0 Å². The summed E-state index contributed by atoms with van der Waals surface area (Å²) in [4.78, 5) is 13.8. The van der Waals surface area contributed by atoms with Gasteiger partial charge in [-0.3, -0.25) is 0 Å². The van der Waals surface area contributed by atoms with Crippen LogP contribution < -0.4 is 10.6 Å². The third-order valence-corrected chi connectivity index (χ3v) is 5.58. The molecule has 1 aliphatic carbocycles. The highest BCUT2D eigenvalue weighted by molar-refractivity contribution is 5.75. The summed E-state index contributed by atoms with van der Waals surface area (Å²) in [7, 11) is 0. The first-order valence-electron chi connectivity index (χ1n) is 10.3. The number of benzene rings is 1. The lowest BCUT2D eigenvalue weighted by molar-refractivity contribution is 0.378. The lowest BCUT2D eigenvalue weighted by Gasteiger charge is -2.19. The SMILES string of the molecule is Fc1ccc(-c2nc(C3CCNCC3)oc2-c2ccnc(NCC3CC3)n2)cc1. The average molecular weight is 393 g/mol. The highest BCUT2D eigenvalue weighted by atomic mass is 19.1. The van der Waals surface area contributed by atoms with Crippen molar-refractivity contribution in [3.05, 3.63) is 48.2 Å². The first kappa shape index (κ1) is 18.2. The number of hydrogen-bond acceptors (Lipinski definition) is 6. The molecule has 2 aliphatic rings. The van der Waals surface area contributed by atoms with Gasteiger partial charge in [-0.05, 0) is 75.0 Å². The molecule has 1 aromatic carbocycles. The van der Waals surface area contributed by atoms with Crippen LogP contribution in [0.4, 0.5) is 10.3 Å². The van der Waals surface area contributed by atoms with Gasteiger partial charge in [0.1, 0.15) is 17.2 Å². The van der Waals surface area contributed by atoms with Crippen molar-refractivity contribution in [3.8, 4) is 22.7 Å². The maximum absolute atomic E-state index is 13.5. The molecule has 2 aromatic heterocycles. The van der Waals surface area contributed by atoms with Crippen molar-refractivity contribution in [2.24, 2.45) is 5.92 Å². The minimum absolute atomic E-state index is 0.272. The van der Waals surface area contributed by atoms with Gasteiger partial charge in [0.25, 0.3) is 0 Å². The first-order chi connectivity index (χ1) is 14.3. The number of nitrogens with one attached hydrogen (secondary N) is 2. The van der Waals surface area contributed by atoms with Crippen LogP contribution in [0.15, 0.2) is 40.9 Å². The van der Waals surface area contributed by atoms with E-state index in [1.54, 1.807) is 18.3 Å². The summed E-state index contributed by atoms with van der Waals surface area (Å²) in [5.74, 6) is 2.67. The molecule has 0 atom stereocenters. The molecule has 1 aliphatic heterocycles. The number of nitrogens with zero attached hydrogens (tertiary/aromatic N) is 3. The predicted octanol–water partition coefficient (Wildman–Crippen LogP) is 4.23. The summed E-state index contributed by atoms with van der Waals surface area (Å²) in [5.41, 5.74) is 2.20. The van der Waals surface area contributed by atoms with Crippen LogP contribution in [0.1, 0.15) is 37.5 Å². The summed E-state index contributed by atoms with van der Waals surface area (Å²) in [6.45, 7) is 2.80. The Balaban J connectivity index is 1.52. The van der Waals surface area contributed by atoms with Crippen molar-refractivity contribution in [2.75, 3.05) is 25.0 Å². The molecule has 0 radical (unpaired) electrons. The molecule has 1 saturated carbocycles. The molecule has 7 heteroatoms. The molecule has 29 heavy (non-hydrogen) atoms. The highest BCUT2D eigenvalue weighted by Crippen LogP contribution is 2.36. The lowest BCUT2D eigenvalue weighted by Crippen LogP contribution is -2.26. The zero-order chi connectivity index (χ0) is 19.6. The second-order valence-electron chi connectivity index (χ2n) is 7.85. The van der Waals surface area contributed by atoms with Crippen LogP contribution in [0.3, 0.4) is 0 Å². The Morgan fingerprint density at radius 3 is 2.59 bits per heavy atom. The fourth-order valence-corrected chi connectivity index (χ4v) is 3.69. The van der Waals surface area contributed by atoms with Gasteiger partial charge in [-0.25, -0.2) is 19.3 Å². The topological polar surface area (TPSA) is 75.9 Å². The van der Waals surface area contributed by atoms with Gasteiger partial charge in [0.05, 0.1) is 0 Å². The second-order valence-corrected chi connectivity index (χ2v) is 7.85. The number of oxazole rings is 1. The quantitative estimate of drug-likeness (QED) is 0.653.